The van der Waals surface area contributed by atoms with Crippen LogP contribution in [0, 0.1) is 0 Å². The molecule has 0 aliphatic rings. The van der Waals surface area contributed by atoms with E-state index in [1.54, 1.807) is 6.07 Å². The van der Waals surface area contributed by atoms with Gasteiger partial charge in [0, 0.05) is 5.56 Å². The number of nitrogens with two attached hydrogens (primary N) is 1. The molecule has 0 aliphatic heterocycles. The third-order valence-electron chi connectivity index (χ3n) is 2.36. The van der Waals surface area contributed by atoms with Crippen molar-refractivity contribution >= 4 is 35.0 Å². The van der Waals surface area contributed by atoms with Crippen LogP contribution in [0.2, 0.25) is 10.0 Å². The molecule has 0 atom stereocenters. The average Bonchev–Trinajstić information content (AvgIpc) is 2.23. The number of nitrogens with one attached hydrogen (secondary N) is 1. The Bertz CT molecular complexity index is 412. The number of halogens is 2. The van der Waals surface area contributed by atoms with E-state index in [1.807, 2.05) is 19.1 Å². The molecule has 0 radical (unpaired) electrons. The Kier molecular flexibility index (Phi) is 4.66. The van der Waals surface area contributed by atoms with Crippen molar-refractivity contribution in [2.45, 2.75) is 26.7 Å². The number of hydrogen-bond acceptors (Lipinski definition) is 2. The van der Waals surface area contributed by atoms with Crippen LogP contribution in [0.15, 0.2) is 12.1 Å². The van der Waals surface area contributed by atoms with Crippen molar-refractivity contribution in [1.29, 1.82) is 0 Å². The predicted octanol–water partition coefficient (Wildman–Crippen LogP) is 4.44. The summed E-state index contributed by atoms with van der Waals surface area (Å²) in [6.07, 6.45) is 3.93. The van der Waals surface area contributed by atoms with Gasteiger partial charge in [0.2, 0.25) is 0 Å². The van der Waals surface area contributed by atoms with Crippen molar-refractivity contribution in [3.63, 3.8) is 0 Å². The lowest BCUT2D eigenvalue weighted by molar-refractivity contribution is 0.864. The quantitative estimate of drug-likeness (QED) is 0.622. The second-order valence-corrected chi connectivity index (χ2v) is 4.63. The molecule has 0 aliphatic carbocycles. The molecule has 2 nitrogen and oxygen atoms in total. The van der Waals surface area contributed by atoms with Gasteiger partial charge in [-0.05, 0) is 24.5 Å². The lowest BCUT2D eigenvalue weighted by Crippen LogP contribution is -2.10. The number of rotatable bonds is 3. The lowest BCUT2D eigenvalue weighted by atomic mass is 9.95. The van der Waals surface area contributed by atoms with Crippen molar-refractivity contribution in [1.82, 2.24) is 0 Å². The molecule has 0 heterocycles. The third-order valence-corrected chi connectivity index (χ3v) is 3.17. The maximum atomic E-state index is 6.22. The van der Waals surface area contributed by atoms with E-state index >= 15 is 0 Å². The normalized spacial score (nSPS) is 11.4. The molecule has 88 valence electrons. The molecule has 4 heteroatoms. The number of benzene rings is 1. The zero-order chi connectivity index (χ0) is 12.3. The molecule has 1 rings (SSSR count). The van der Waals surface area contributed by atoms with E-state index in [4.69, 9.17) is 29.0 Å². The maximum Gasteiger partial charge on any atom is 0.0634 e. The van der Waals surface area contributed by atoms with Gasteiger partial charge in [-0.25, -0.2) is 0 Å². The van der Waals surface area contributed by atoms with Gasteiger partial charge in [-0.15, -0.1) is 0 Å². The molecule has 1 aromatic rings. The summed E-state index contributed by atoms with van der Waals surface area (Å²) in [5, 5.41) is 1.12. The molecule has 0 aromatic heterocycles. The second kappa shape index (κ2) is 5.58. The van der Waals surface area contributed by atoms with E-state index in [9.17, 15) is 0 Å². The monoisotopic (exact) mass is 258 g/mol. The van der Waals surface area contributed by atoms with Gasteiger partial charge in [-0.1, -0.05) is 49.2 Å². The number of nitrogen functional groups attached to an aromatic ring is 1. The van der Waals surface area contributed by atoms with Crippen LogP contribution in [0.3, 0.4) is 0 Å². The van der Waals surface area contributed by atoms with Crippen molar-refractivity contribution in [3.05, 3.63) is 33.3 Å². The molecule has 0 saturated carbocycles. The van der Waals surface area contributed by atoms with Gasteiger partial charge in [0.15, 0.2) is 0 Å². The van der Waals surface area contributed by atoms with Gasteiger partial charge in [0.25, 0.3) is 0 Å². The van der Waals surface area contributed by atoms with Crippen LogP contribution < -0.4 is 11.3 Å². The summed E-state index contributed by atoms with van der Waals surface area (Å²) in [7, 11) is 0. The number of allylic oxidation sites excluding steroid dienone is 1. The zero-order valence-electron chi connectivity index (χ0n) is 9.64. The summed E-state index contributed by atoms with van der Waals surface area (Å²) >= 11 is 12.3. The SMILES string of the molecule is C/C=C\c1c(NN)cc(Cl)c(Cl)c1C(C)C. The summed E-state index contributed by atoms with van der Waals surface area (Å²) in [6.45, 7) is 6.10. The highest BCUT2D eigenvalue weighted by molar-refractivity contribution is 6.43. The van der Waals surface area contributed by atoms with Gasteiger partial charge in [0.1, 0.15) is 0 Å². The van der Waals surface area contributed by atoms with Gasteiger partial charge >= 0.3 is 0 Å². The Hall–Kier alpha value is -0.700. The molecule has 0 fully saturated rings. The minimum Gasteiger partial charge on any atom is -0.323 e. The first-order valence-electron chi connectivity index (χ1n) is 5.14. The first kappa shape index (κ1) is 13.4. The number of anilines is 1. The fourth-order valence-electron chi connectivity index (χ4n) is 1.69. The van der Waals surface area contributed by atoms with Gasteiger partial charge < -0.3 is 5.43 Å². The highest BCUT2D eigenvalue weighted by Crippen LogP contribution is 2.38. The van der Waals surface area contributed by atoms with E-state index in [-0.39, 0.29) is 5.92 Å². The standard InChI is InChI=1S/C12H16Cl2N2/c1-4-5-8-10(16-15)6-9(13)12(14)11(8)7(2)3/h4-7,16H,15H2,1-3H3/b5-4-. The van der Waals surface area contributed by atoms with Gasteiger partial charge in [0.05, 0.1) is 15.7 Å². The van der Waals surface area contributed by atoms with Crippen molar-refractivity contribution < 1.29 is 0 Å². The molecule has 0 bridgehead atoms. The molecule has 16 heavy (non-hydrogen) atoms. The van der Waals surface area contributed by atoms with Crippen LogP contribution in [-0.2, 0) is 0 Å². The average molecular weight is 259 g/mol. The highest BCUT2D eigenvalue weighted by Gasteiger charge is 2.16. The van der Waals surface area contributed by atoms with Crippen molar-refractivity contribution in [2.75, 3.05) is 5.43 Å². The zero-order valence-corrected chi connectivity index (χ0v) is 11.2. The van der Waals surface area contributed by atoms with E-state index in [2.05, 4.69) is 19.3 Å². The topological polar surface area (TPSA) is 38.0 Å². The Morgan fingerprint density at radius 3 is 2.44 bits per heavy atom. The van der Waals surface area contributed by atoms with E-state index in [0.717, 1.165) is 16.8 Å². The maximum absolute atomic E-state index is 6.22. The van der Waals surface area contributed by atoms with E-state index in [1.165, 1.54) is 0 Å². The van der Waals surface area contributed by atoms with Crippen LogP contribution in [-0.4, -0.2) is 0 Å². The lowest BCUT2D eigenvalue weighted by Gasteiger charge is -2.17. The van der Waals surface area contributed by atoms with Crippen LogP contribution in [0.4, 0.5) is 5.69 Å². The summed E-state index contributed by atoms with van der Waals surface area (Å²) in [5.41, 5.74) is 5.45. The summed E-state index contributed by atoms with van der Waals surface area (Å²) in [6, 6.07) is 1.74. The van der Waals surface area contributed by atoms with Crippen molar-refractivity contribution in [2.24, 2.45) is 5.84 Å². The van der Waals surface area contributed by atoms with Crippen molar-refractivity contribution in [3.8, 4) is 0 Å². The minimum absolute atomic E-state index is 0.282. The smallest absolute Gasteiger partial charge is 0.0634 e. The summed E-state index contributed by atoms with van der Waals surface area (Å²) < 4.78 is 0. The third kappa shape index (κ3) is 2.51. The fourth-order valence-corrected chi connectivity index (χ4v) is 2.28. The highest BCUT2D eigenvalue weighted by atomic mass is 35.5. The molecule has 0 unspecified atom stereocenters. The largest absolute Gasteiger partial charge is 0.323 e. The fraction of sp³-hybridized carbons (Fsp3) is 0.333. The van der Waals surface area contributed by atoms with Crippen LogP contribution in [0.25, 0.3) is 6.08 Å². The molecule has 0 spiro atoms. The van der Waals surface area contributed by atoms with Gasteiger partial charge in [-0.2, -0.15) is 0 Å². The first-order chi connectivity index (χ1) is 7.52. The molecular weight excluding hydrogens is 243 g/mol. The van der Waals surface area contributed by atoms with Crippen LogP contribution in [0.5, 0.6) is 0 Å². The number of hydrazine groups is 1. The summed E-state index contributed by atoms with van der Waals surface area (Å²) in [4.78, 5) is 0. The Morgan fingerprint density at radius 2 is 2.00 bits per heavy atom. The first-order valence-corrected chi connectivity index (χ1v) is 5.89. The van der Waals surface area contributed by atoms with E-state index in [0.29, 0.717) is 10.0 Å². The second-order valence-electron chi connectivity index (χ2n) is 3.85. The van der Waals surface area contributed by atoms with Crippen LogP contribution in [0.1, 0.15) is 37.8 Å². The Balaban J connectivity index is 3.57. The molecule has 3 N–H and O–H groups in total. The molecule has 0 saturated heterocycles. The Morgan fingerprint density at radius 1 is 1.38 bits per heavy atom. The van der Waals surface area contributed by atoms with Crippen LogP contribution >= 0.6 is 23.2 Å². The molecule has 1 aromatic carbocycles. The minimum atomic E-state index is 0.282. The number of hydrogen-bond donors (Lipinski definition) is 2. The Labute approximate surface area is 106 Å². The van der Waals surface area contributed by atoms with E-state index < -0.39 is 0 Å². The molecule has 0 amide bonds. The van der Waals surface area contributed by atoms with Gasteiger partial charge in [-0.3, -0.25) is 5.84 Å². The predicted molar refractivity (Wildman–Crippen MR) is 73.1 cm³/mol. The molecular formula is C12H16Cl2N2. The summed E-state index contributed by atoms with van der Waals surface area (Å²) in [5.74, 6) is 5.77.